The second-order valence-corrected chi connectivity index (χ2v) is 10.2. The number of hydrogen-bond donors (Lipinski definition) is 0. The minimum Gasteiger partial charge on any atom is -0.499 e. The highest BCUT2D eigenvalue weighted by Gasteiger charge is 2.16. The molecule has 48 heavy (non-hydrogen) atoms. The zero-order valence-electron chi connectivity index (χ0n) is 29.9. The predicted octanol–water partition coefficient (Wildman–Crippen LogP) is 3.09. The molecule has 14 heteroatoms. The number of carbonyl (C=O) groups excluding carboxylic acids is 1. The van der Waals surface area contributed by atoms with Gasteiger partial charge in [-0.2, -0.15) is 0 Å². The lowest BCUT2D eigenvalue weighted by molar-refractivity contribution is -0.150. The van der Waals surface area contributed by atoms with Crippen molar-refractivity contribution in [2.45, 2.75) is 39.5 Å². The molecule has 0 aliphatic heterocycles. The minimum absolute atomic E-state index is 0.00474. The molecule has 14 nitrogen and oxygen atoms in total. The Morgan fingerprint density at radius 2 is 0.729 bits per heavy atom. The first-order chi connectivity index (χ1) is 23.8. The van der Waals surface area contributed by atoms with Gasteiger partial charge in [0.2, 0.25) is 0 Å². The van der Waals surface area contributed by atoms with Crippen LogP contribution in [0.2, 0.25) is 0 Å². The number of carbonyl (C=O) groups is 1. The Kier molecular flexibility index (Phi) is 40.5. The number of hydrogen-bond acceptors (Lipinski definition) is 14. The fourth-order valence-corrected chi connectivity index (χ4v) is 3.75. The monoisotopic (exact) mass is 698 g/mol. The summed E-state index contributed by atoms with van der Waals surface area (Å²) in [5, 5.41) is 0. The van der Waals surface area contributed by atoms with E-state index in [-0.39, 0.29) is 18.5 Å². The van der Waals surface area contributed by atoms with Gasteiger partial charge in [0.05, 0.1) is 158 Å². The van der Waals surface area contributed by atoms with Crippen LogP contribution in [0.4, 0.5) is 0 Å². The highest BCUT2D eigenvalue weighted by Crippen LogP contribution is 2.14. The van der Waals surface area contributed by atoms with Gasteiger partial charge >= 0.3 is 5.97 Å². The lowest BCUT2D eigenvalue weighted by Gasteiger charge is -2.13. The van der Waals surface area contributed by atoms with Gasteiger partial charge < -0.3 is 61.6 Å². The molecule has 0 saturated carbocycles. The van der Waals surface area contributed by atoms with E-state index in [1.54, 1.807) is 0 Å². The molecule has 0 aliphatic rings. The standard InChI is InChI=1S/C34H66O14/c1-4-7-8-33(5-2)34(35)48-32-31-47-30-29-46-28-27-45-26-25-44-24-23-43-22-21-42-20-19-41-18-17-40-16-15-39-14-13-38-12-11-37-10-9-36-6-3/h6,33H,3-5,7-32H2,1-2H3. The molecule has 0 aliphatic carbocycles. The van der Waals surface area contributed by atoms with Crippen molar-refractivity contribution in [3.05, 3.63) is 12.8 Å². The van der Waals surface area contributed by atoms with Gasteiger partial charge in [0.1, 0.15) is 13.2 Å². The molecule has 0 aromatic heterocycles. The summed E-state index contributed by atoms with van der Waals surface area (Å²) in [6, 6.07) is 0. The summed E-state index contributed by atoms with van der Waals surface area (Å²) in [6.07, 6.45) is 5.22. The molecule has 0 aromatic carbocycles. The van der Waals surface area contributed by atoms with Gasteiger partial charge in [0.15, 0.2) is 0 Å². The Bertz CT molecular complexity index is 643. The maximum absolute atomic E-state index is 12.0. The van der Waals surface area contributed by atoms with Crippen LogP contribution in [0.15, 0.2) is 12.8 Å². The van der Waals surface area contributed by atoms with Crippen molar-refractivity contribution in [1.29, 1.82) is 0 Å². The minimum atomic E-state index is -0.121. The zero-order chi connectivity index (χ0) is 34.9. The fourth-order valence-electron chi connectivity index (χ4n) is 3.75. The first kappa shape index (κ1) is 46.6. The smallest absolute Gasteiger partial charge is 0.308 e. The van der Waals surface area contributed by atoms with E-state index in [1.165, 1.54) is 6.26 Å². The van der Waals surface area contributed by atoms with Crippen LogP contribution in [0, 0.1) is 5.92 Å². The van der Waals surface area contributed by atoms with E-state index in [0.29, 0.717) is 152 Å². The zero-order valence-corrected chi connectivity index (χ0v) is 29.9. The van der Waals surface area contributed by atoms with Crippen LogP contribution in [-0.4, -0.2) is 165 Å². The van der Waals surface area contributed by atoms with Crippen molar-refractivity contribution in [2.24, 2.45) is 5.92 Å². The molecular formula is C34H66O14. The molecule has 0 spiro atoms. The number of rotatable bonds is 42. The molecule has 0 N–H and O–H groups in total. The maximum Gasteiger partial charge on any atom is 0.308 e. The van der Waals surface area contributed by atoms with Crippen molar-refractivity contribution in [2.75, 3.05) is 159 Å². The summed E-state index contributed by atoms with van der Waals surface area (Å²) in [5.41, 5.74) is 0. The molecule has 0 fully saturated rings. The molecule has 0 saturated heterocycles. The van der Waals surface area contributed by atoms with Crippen LogP contribution >= 0.6 is 0 Å². The number of esters is 1. The lowest BCUT2D eigenvalue weighted by Crippen LogP contribution is -2.20. The third-order valence-corrected chi connectivity index (χ3v) is 6.39. The molecule has 0 amide bonds. The van der Waals surface area contributed by atoms with Crippen molar-refractivity contribution in [3.63, 3.8) is 0 Å². The van der Waals surface area contributed by atoms with E-state index < -0.39 is 0 Å². The summed E-state index contributed by atoms with van der Waals surface area (Å²) in [5.74, 6) is -0.126. The maximum atomic E-state index is 12.0. The highest BCUT2D eigenvalue weighted by molar-refractivity contribution is 5.72. The van der Waals surface area contributed by atoms with Crippen molar-refractivity contribution in [3.8, 4) is 0 Å². The molecule has 286 valence electrons. The Balaban J connectivity index is 3.13. The van der Waals surface area contributed by atoms with Gasteiger partial charge in [-0.25, -0.2) is 0 Å². The second-order valence-electron chi connectivity index (χ2n) is 10.2. The van der Waals surface area contributed by atoms with Crippen LogP contribution in [0.3, 0.4) is 0 Å². The Morgan fingerprint density at radius 3 is 0.979 bits per heavy atom. The first-order valence-corrected chi connectivity index (χ1v) is 17.5. The SMILES string of the molecule is C=COCCOCCOCCOCCOCCOCCOCCOCCOCCOCCOCCOCCOC(=O)C(CC)CCCC. The summed E-state index contributed by atoms with van der Waals surface area (Å²) >= 11 is 0. The van der Waals surface area contributed by atoms with Crippen molar-refractivity contribution >= 4 is 5.97 Å². The van der Waals surface area contributed by atoms with E-state index in [4.69, 9.17) is 61.6 Å². The summed E-state index contributed by atoms with van der Waals surface area (Å²) < 4.78 is 70.2. The Labute approximate surface area is 289 Å². The van der Waals surface area contributed by atoms with Crippen LogP contribution in [0.1, 0.15) is 39.5 Å². The quantitative estimate of drug-likeness (QED) is 0.0525. The predicted molar refractivity (Wildman–Crippen MR) is 179 cm³/mol. The van der Waals surface area contributed by atoms with E-state index in [0.717, 1.165) is 25.7 Å². The molecular weight excluding hydrogens is 632 g/mol. The molecule has 0 radical (unpaired) electrons. The topological polar surface area (TPSA) is 137 Å². The van der Waals surface area contributed by atoms with Crippen LogP contribution in [-0.2, 0) is 66.4 Å². The van der Waals surface area contributed by atoms with Gasteiger partial charge in [0, 0.05) is 0 Å². The van der Waals surface area contributed by atoms with E-state index in [1.807, 2.05) is 6.92 Å². The van der Waals surface area contributed by atoms with E-state index >= 15 is 0 Å². The van der Waals surface area contributed by atoms with Crippen LogP contribution in [0.25, 0.3) is 0 Å². The summed E-state index contributed by atoms with van der Waals surface area (Å²) in [7, 11) is 0. The normalized spacial score (nSPS) is 12.0. The van der Waals surface area contributed by atoms with Gasteiger partial charge in [-0.1, -0.05) is 33.3 Å². The molecule has 0 rings (SSSR count). The van der Waals surface area contributed by atoms with Gasteiger partial charge in [0.25, 0.3) is 0 Å². The number of unbranched alkanes of at least 4 members (excludes halogenated alkanes) is 1. The fraction of sp³-hybridized carbons (Fsp3) is 0.912. The highest BCUT2D eigenvalue weighted by atomic mass is 16.6. The molecule has 1 atom stereocenters. The molecule has 0 bridgehead atoms. The first-order valence-electron chi connectivity index (χ1n) is 17.5. The van der Waals surface area contributed by atoms with Crippen LogP contribution < -0.4 is 0 Å². The Hall–Kier alpha value is -1.43. The summed E-state index contributed by atoms with van der Waals surface area (Å²) in [4.78, 5) is 12.0. The molecule has 0 aromatic rings. The van der Waals surface area contributed by atoms with Gasteiger partial charge in [-0.3, -0.25) is 4.79 Å². The third-order valence-electron chi connectivity index (χ3n) is 6.39. The third kappa shape index (κ3) is 37.4. The Morgan fingerprint density at radius 1 is 0.458 bits per heavy atom. The molecule has 0 heterocycles. The lowest BCUT2D eigenvalue weighted by atomic mass is 10.00. The van der Waals surface area contributed by atoms with Gasteiger partial charge in [-0.15, -0.1) is 0 Å². The van der Waals surface area contributed by atoms with Crippen molar-refractivity contribution < 1.29 is 66.4 Å². The summed E-state index contributed by atoms with van der Waals surface area (Å²) in [6.45, 7) is 19.2. The van der Waals surface area contributed by atoms with Crippen LogP contribution in [0.5, 0.6) is 0 Å². The van der Waals surface area contributed by atoms with E-state index in [2.05, 4.69) is 13.5 Å². The largest absolute Gasteiger partial charge is 0.499 e. The van der Waals surface area contributed by atoms with Crippen molar-refractivity contribution in [1.82, 2.24) is 0 Å². The second kappa shape index (κ2) is 41.7. The number of ether oxygens (including phenoxy) is 13. The van der Waals surface area contributed by atoms with E-state index in [9.17, 15) is 4.79 Å². The molecule has 1 unspecified atom stereocenters. The van der Waals surface area contributed by atoms with Gasteiger partial charge in [-0.05, 0) is 12.8 Å². The average molecular weight is 699 g/mol. The average Bonchev–Trinajstić information content (AvgIpc) is 3.10.